The minimum atomic E-state index is 0.435. The molecule has 1 atom stereocenters. The Labute approximate surface area is 125 Å². The number of halogens is 1. The average molecular weight is 355 g/mol. The van der Waals surface area contributed by atoms with Gasteiger partial charge in [-0.25, -0.2) is 0 Å². The van der Waals surface area contributed by atoms with Crippen LogP contribution in [-0.4, -0.2) is 6.54 Å². The molecule has 0 aliphatic rings. The summed E-state index contributed by atoms with van der Waals surface area (Å²) in [5, 5.41) is 3.64. The topological polar surface area (TPSA) is 12.0 Å². The van der Waals surface area contributed by atoms with E-state index < -0.39 is 0 Å². The maximum Gasteiger partial charge on any atom is 0.0331 e. The molecule has 1 N–H and O–H groups in total. The Morgan fingerprint density at radius 2 is 2.22 bits per heavy atom. The molecule has 1 unspecified atom stereocenters. The second-order valence-corrected chi connectivity index (χ2v) is 5.66. The zero-order valence-corrected chi connectivity index (χ0v) is 13.5. The monoisotopic (exact) mass is 355 g/mol. The molecule has 0 radical (unpaired) electrons. The zero-order valence-electron chi connectivity index (χ0n) is 11.3. The molecular weight excluding hydrogens is 333 g/mol. The summed E-state index contributed by atoms with van der Waals surface area (Å²) in [6.07, 6.45) is 9.56. The zero-order chi connectivity index (χ0) is 13.4. The van der Waals surface area contributed by atoms with Gasteiger partial charge in [0.25, 0.3) is 0 Å². The van der Waals surface area contributed by atoms with E-state index in [1.807, 2.05) is 0 Å². The predicted molar refractivity (Wildman–Crippen MR) is 87.6 cm³/mol. The minimum Gasteiger partial charge on any atom is -0.310 e. The lowest BCUT2D eigenvalue weighted by molar-refractivity contribution is 0.485. The van der Waals surface area contributed by atoms with Gasteiger partial charge in [0.05, 0.1) is 0 Å². The van der Waals surface area contributed by atoms with Crippen molar-refractivity contribution in [3.05, 3.63) is 32.9 Å². The highest BCUT2D eigenvalue weighted by Crippen LogP contribution is 2.26. The minimum absolute atomic E-state index is 0.435. The first-order valence-electron chi connectivity index (χ1n) is 6.62. The van der Waals surface area contributed by atoms with Crippen molar-refractivity contribution in [3.8, 4) is 12.3 Å². The Bertz CT molecular complexity index is 406. The number of unbranched alkanes of at least 4 members (excludes halogenated alkanes) is 1. The summed E-state index contributed by atoms with van der Waals surface area (Å²) in [7, 11) is 0. The van der Waals surface area contributed by atoms with Gasteiger partial charge in [-0.3, -0.25) is 0 Å². The van der Waals surface area contributed by atoms with Crippen molar-refractivity contribution in [1.29, 1.82) is 0 Å². The molecule has 1 aromatic carbocycles. The van der Waals surface area contributed by atoms with E-state index in [9.17, 15) is 0 Å². The highest BCUT2D eigenvalue weighted by atomic mass is 127. The molecule has 0 amide bonds. The van der Waals surface area contributed by atoms with Crippen molar-refractivity contribution in [1.82, 2.24) is 5.32 Å². The standard InChI is InChI=1S/C16H22IN/c1-4-6-7-11-15(18-12-5-2)14-10-8-9-13(3)16(14)17/h1,8-10,15,18H,5-7,11-12H2,2-3H3. The van der Waals surface area contributed by atoms with Crippen molar-refractivity contribution in [2.24, 2.45) is 0 Å². The van der Waals surface area contributed by atoms with E-state index in [0.29, 0.717) is 6.04 Å². The van der Waals surface area contributed by atoms with Crippen LogP contribution in [0.15, 0.2) is 18.2 Å². The van der Waals surface area contributed by atoms with Gasteiger partial charge < -0.3 is 5.32 Å². The van der Waals surface area contributed by atoms with Crippen LogP contribution in [0.1, 0.15) is 49.8 Å². The van der Waals surface area contributed by atoms with Crippen molar-refractivity contribution in [2.45, 2.75) is 45.6 Å². The van der Waals surface area contributed by atoms with E-state index in [1.165, 1.54) is 14.7 Å². The lowest BCUT2D eigenvalue weighted by Gasteiger charge is -2.21. The average Bonchev–Trinajstić information content (AvgIpc) is 2.37. The molecule has 0 aliphatic carbocycles. The largest absolute Gasteiger partial charge is 0.310 e. The molecule has 1 rings (SSSR count). The fourth-order valence-corrected chi connectivity index (χ4v) is 2.77. The first-order chi connectivity index (χ1) is 8.70. The Balaban J connectivity index is 2.80. The number of rotatable bonds is 7. The molecule has 0 aliphatic heterocycles. The summed E-state index contributed by atoms with van der Waals surface area (Å²) >= 11 is 2.45. The van der Waals surface area contributed by atoms with Crippen LogP contribution >= 0.6 is 22.6 Å². The van der Waals surface area contributed by atoms with E-state index in [2.05, 4.69) is 65.9 Å². The smallest absolute Gasteiger partial charge is 0.0331 e. The van der Waals surface area contributed by atoms with Gasteiger partial charge in [0.15, 0.2) is 0 Å². The Hall–Kier alpha value is -0.530. The lowest BCUT2D eigenvalue weighted by Crippen LogP contribution is -2.23. The summed E-state index contributed by atoms with van der Waals surface area (Å²) in [6, 6.07) is 6.99. The Morgan fingerprint density at radius 1 is 1.44 bits per heavy atom. The van der Waals surface area contributed by atoms with Gasteiger partial charge in [-0.05, 0) is 66.4 Å². The van der Waals surface area contributed by atoms with Crippen molar-refractivity contribution in [2.75, 3.05) is 6.54 Å². The van der Waals surface area contributed by atoms with Gasteiger partial charge in [-0.1, -0.05) is 25.1 Å². The predicted octanol–water partition coefficient (Wildman–Crippen LogP) is 4.44. The lowest BCUT2D eigenvalue weighted by atomic mass is 9.99. The molecule has 0 aromatic heterocycles. The fraction of sp³-hybridized carbons (Fsp3) is 0.500. The molecule has 0 saturated carbocycles. The van der Waals surface area contributed by atoms with E-state index in [1.54, 1.807) is 0 Å². The van der Waals surface area contributed by atoms with Crippen LogP contribution in [0.4, 0.5) is 0 Å². The molecule has 0 fully saturated rings. The Morgan fingerprint density at radius 3 is 2.89 bits per heavy atom. The molecule has 1 nitrogen and oxygen atoms in total. The summed E-state index contributed by atoms with van der Waals surface area (Å²) in [5.41, 5.74) is 2.77. The molecule has 2 heteroatoms. The van der Waals surface area contributed by atoms with Crippen molar-refractivity contribution >= 4 is 22.6 Å². The quantitative estimate of drug-likeness (QED) is 0.433. The van der Waals surface area contributed by atoms with E-state index in [4.69, 9.17) is 6.42 Å². The third-order valence-corrected chi connectivity index (χ3v) is 4.53. The van der Waals surface area contributed by atoms with E-state index in [-0.39, 0.29) is 0 Å². The van der Waals surface area contributed by atoms with Crippen molar-refractivity contribution < 1.29 is 0 Å². The number of hydrogen-bond donors (Lipinski definition) is 1. The van der Waals surface area contributed by atoms with Crippen LogP contribution in [0.5, 0.6) is 0 Å². The number of nitrogens with one attached hydrogen (secondary N) is 1. The van der Waals surface area contributed by atoms with Gasteiger partial charge in [0, 0.05) is 16.0 Å². The summed E-state index contributed by atoms with van der Waals surface area (Å²) in [4.78, 5) is 0. The fourth-order valence-electron chi connectivity index (χ4n) is 2.03. The molecular formula is C16H22IN. The summed E-state index contributed by atoms with van der Waals surface area (Å²) in [5.74, 6) is 2.73. The van der Waals surface area contributed by atoms with Crippen LogP contribution < -0.4 is 5.32 Å². The number of aryl methyl sites for hydroxylation is 1. The molecule has 0 spiro atoms. The third kappa shape index (κ3) is 4.62. The van der Waals surface area contributed by atoms with E-state index in [0.717, 1.165) is 32.2 Å². The molecule has 1 aromatic rings. The Kier molecular flexibility index (Phi) is 7.38. The molecule has 0 bridgehead atoms. The van der Waals surface area contributed by atoms with Crippen molar-refractivity contribution in [3.63, 3.8) is 0 Å². The number of benzene rings is 1. The molecule has 18 heavy (non-hydrogen) atoms. The maximum atomic E-state index is 5.34. The highest BCUT2D eigenvalue weighted by molar-refractivity contribution is 14.1. The second-order valence-electron chi connectivity index (χ2n) is 4.58. The second kappa shape index (κ2) is 8.55. The molecule has 98 valence electrons. The molecule has 0 heterocycles. The SMILES string of the molecule is C#CCCCC(NCCC)c1cccc(C)c1I. The summed E-state index contributed by atoms with van der Waals surface area (Å²) < 4.78 is 1.38. The van der Waals surface area contributed by atoms with Crippen LogP contribution in [0.25, 0.3) is 0 Å². The van der Waals surface area contributed by atoms with Gasteiger partial charge >= 0.3 is 0 Å². The normalized spacial score (nSPS) is 12.1. The first kappa shape index (κ1) is 15.5. The maximum absolute atomic E-state index is 5.34. The van der Waals surface area contributed by atoms with Gasteiger partial charge in [-0.15, -0.1) is 12.3 Å². The van der Waals surface area contributed by atoms with Gasteiger partial charge in [-0.2, -0.15) is 0 Å². The van der Waals surface area contributed by atoms with Gasteiger partial charge in [0.2, 0.25) is 0 Å². The van der Waals surface area contributed by atoms with Crippen LogP contribution in [0, 0.1) is 22.8 Å². The van der Waals surface area contributed by atoms with Crippen LogP contribution in [0.3, 0.4) is 0 Å². The highest BCUT2D eigenvalue weighted by Gasteiger charge is 2.14. The van der Waals surface area contributed by atoms with Crippen LogP contribution in [0.2, 0.25) is 0 Å². The van der Waals surface area contributed by atoms with E-state index >= 15 is 0 Å². The third-order valence-electron chi connectivity index (χ3n) is 3.05. The number of hydrogen-bond acceptors (Lipinski definition) is 1. The summed E-state index contributed by atoms with van der Waals surface area (Å²) in [6.45, 7) is 5.43. The first-order valence-corrected chi connectivity index (χ1v) is 7.70. The van der Waals surface area contributed by atoms with Crippen LogP contribution in [-0.2, 0) is 0 Å². The number of terminal acetylenes is 1. The molecule has 0 saturated heterocycles. The van der Waals surface area contributed by atoms with Gasteiger partial charge in [0.1, 0.15) is 0 Å².